The van der Waals surface area contributed by atoms with E-state index >= 15 is 0 Å². The highest BCUT2D eigenvalue weighted by molar-refractivity contribution is 6.04. The second-order valence-electron chi connectivity index (χ2n) is 6.73. The second-order valence-corrected chi connectivity index (χ2v) is 6.73. The Bertz CT molecular complexity index is 827. The number of anilines is 1. The molecule has 2 aromatic rings. The molecule has 0 amide bonds. The van der Waals surface area contributed by atoms with Crippen LogP contribution in [-0.4, -0.2) is 30.8 Å². The number of amidine groups is 2. The number of aromatic nitrogens is 1. The van der Waals surface area contributed by atoms with Gasteiger partial charge in [-0.25, -0.2) is 15.4 Å². The normalized spacial score (nSPS) is 14.1. The molecular formula is C20H26N6O. The van der Waals surface area contributed by atoms with Crippen molar-refractivity contribution in [1.29, 1.82) is 5.41 Å². The third-order valence-corrected chi connectivity index (χ3v) is 4.49. The minimum atomic E-state index is 0.193. The third-order valence-electron chi connectivity index (χ3n) is 4.49. The van der Waals surface area contributed by atoms with Crippen molar-refractivity contribution in [2.24, 2.45) is 16.6 Å². The smallest absolute Gasteiger partial charge is 0.212 e. The molecule has 1 aromatic carbocycles. The number of aliphatic imine (C=N–C) groups is 1. The first-order valence-electron chi connectivity index (χ1n) is 9.05. The fourth-order valence-electron chi connectivity index (χ4n) is 2.87. The van der Waals surface area contributed by atoms with Gasteiger partial charge in [0.1, 0.15) is 5.84 Å². The van der Waals surface area contributed by atoms with Crippen LogP contribution in [0.3, 0.4) is 0 Å². The number of pyridine rings is 1. The van der Waals surface area contributed by atoms with Crippen LogP contribution in [0.2, 0.25) is 0 Å². The molecule has 0 atom stereocenters. The van der Waals surface area contributed by atoms with Crippen LogP contribution >= 0.6 is 0 Å². The van der Waals surface area contributed by atoms with Crippen LogP contribution in [0.15, 0.2) is 41.5 Å². The minimum Gasteiger partial charge on any atom is -0.481 e. The average molecular weight is 366 g/mol. The molecule has 0 aliphatic heterocycles. The Morgan fingerprint density at radius 3 is 2.78 bits per heavy atom. The number of ether oxygens (including phenoxy) is 1. The van der Waals surface area contributed by atoms with E-state index in [1.807, 2.05) is 37.4 Å². The fraction of sp³-hybridized carbons (Fsp3) is 0.350. The molecule has 0 unspecified atom stereocenters. The molecule has 1 saturated carbocycles. The van der Waals surface area contributed by atoms with Gasteiger partial charge < -0.3 is 15.9 Å². The van der Waals surface area contributed by atoms with Gasteiger partial charge in [-0.2, -0.15) is 0 Å². The quantitative estimate of drug-likeness (QED) is 0.326. The van der Waals surface area contributed by atoms with Gasteiger partial charge in [0.2, 0.25) is 5.88 Å². The van der Waals surface area contributed by atoms with Crippen LogP contribution in [0.4, 0.5) is 5.69 Å². The number of nitrogens with zero attached hydrogens (tertiary/aromatic N) is 2. The lowest BCUT2D eigenvalue weighted by atomic mass is 10.0. The first-order chi connectivity index (χ1) is 13.1. The molecule has 7 nitrogen and oxygen atoms in total. The molecule has 1 heterocycles. The molecule has 1 aromatic heterocycles. The molecule has 1 aliphatic rings. The van der Waals surface area contributed by atoms with Crippen LogP contribution < -0.4 is 21.3 Å². The van der Waals surface area contributed by atoms with Crippen LogP contribution in [0.25, 0.3) is 0 Å². The molecule has 5 N–H and O–H groups in total. The number of hydrogen-bond acceptors (Lipinski definition) is 5. The number of hydrazine groups is 1. The van der Waals surface area contributed by atoms with E-state index in [-0.39, 0.29) is 5.84 Å². The zero-order valence-electron chi connectivity index (χ0n) is 15.7. The summed E-state index contributed by atoms with van der Waals surface area (Å²) < 4.78 is 5.11. The van der Waals surface area contributed by atoms with Crippen LogP contribution in [0.1, 0.15) is 36.0 Å². The van der Waals surface area contributed by atoms with Crippen molar-refractivity contribution in [3.05, 3.63) is 53.2 Å². The summed E-state index contributed by atoms with van der Waals surface area (Å²) in [5.41, 5.74) is 15.8. The highest BCUT2D eigenvalue weighted by atomic mass is 16.5. The summed E-state index contributed by atoms with van der Waals surface area (Å²) >= 11 is 0. The van der Waals surface area contributed by atoms with E-state index in [9.17, 15) is 0 Å². The average Bonchev–Trinajstić information content (AvgIpc) is 3.47. The van der Waals surface area contributed by atoms with Gasteiger partial charge in [0, 0.05) is 37.7 Å². The largest absolute Gasteiger partial charge is 0.481 e. The van der Waals surface area contributed by atoms with Crippen molar-refractivity contribution in [2.75, 3.05) is 19.6 Å². The number of nitrogens with one attached hydrogen (secondary N) is 3. The molecule has 0 spiro atoms. The topological polar surface area (TPSA) is 108 Å². The summed E-state index contributed by atoms with van der Waals surface area (Å²) in [5, 5.41) is 8.29. The molecule has 0 saturated heterocycles. The van der Waals surface area contributed by atoms with Gasteiger partial charge in [-0.3, -0.25) is 5.41 Å². The van der Waals surface area contributed by atoms with E-state index in [0.29, 0.717) is 24.1 Å². The minimum absolute atomic E-state index is 0.193. The Morgan fingerprint density at radius 2 is 2.15 bits per heavy atom. The molecule has 142 valence electrons. The fourth-order valence-corrected chi connectivity index (χ4v) is 2.87. The van der Waals surface area contributed by atoms with Gasteiger partial charge in [0.05, 0.1) is 12.8 Å². The maximum atomic E-state index is 8.29. The van der Waals surface area contributed by atoms with Crippen LogP contribution in [0.5, 0.6) is 5.88 Å². The lowest BCUT2D eigenvalue weighted by Crippen LogP contribution is -2.17. The number of methoxy groups -OCH3 is 1. The summed E-state index contributed by atoms with van der Waals surface area (Å²) in [7, 11) is 3.42. The Balaban J connectivity index is 1.81. The molecule has 7 heteroatoms. The lowest BCUT2D eigenvalue weighted by molar-refractivity contribution is 0.397. The molecule has 0 radical (unpaired) electrons. The van der Waals surface area contributed by atoms with E-state index in [1.54, 1.807) is 13.3 Å². The van der Waals surface area contributed by atoms with E-state index in [2.05, 4.69) is 20.8 Å². The molecule has 1 aliphatic carbocycles. The predicted octanol–water partition coefficient (Wildman–Crippen LogP) is 2.71. The van der Waals surface area contributed by atoms with E-state index in [0.717, 1.165) is 28.8 Å². The van der Waals surface area contributed by atoms with Crippen molar-refractivity contribution in [3.63, 3.8) is 0 Å². The third kappa shape index (κ3) is 5.27. The molecular weight excluding hydrogens is 340 g/mol. The molecule has 0 bridgehead atoms. The maximum absolute atomic E-state index is 8.29. The number of nitrogens with two attached hydrogens (primary N) is 1. The number of rotatable bonds is 8. The summed E-state index contributed by atoms with van der Waals surface area (Å²) in [5.74, 6) is 1.98. The molecule has 27 heavy (non-hydrogen) atoms. The van der Waals surface area contributed by atoms with Crippen molar-refractivity contribution in [1.82, 2.24) is 10.4 Å². The summed E-state index contributed by atoms with van der Waals surface area (Å²) in [6, 6.07) is 9.62. The molecule has 3 rings (SSSR count). The van der Waals surface area contributed by atoms with E-state index in [4.69, 9.17) is 15.9 Å². The van der Waals surface area contributed by atoms with Gasteiger partial charge >= 0.3 is 0 Å². The summed E-state index contributed by atoms with van der Waals surface area (Å²) in [6.45, 7) is 0. The van der Waals surface area contributed by atoms with Crippen LogP contribution in [0, 0.1) is 11.3 Å². The maximum Gasteiger partial charge on any atom is 0.212 e. The SMILES string of the molecule is CNNc1ccc(C(=N)N=C(N)CC2CC2)cc1Cc1ccc(OC)nc1. The van der Waals surface area contributed by atoms with Crippen LogP contribution in [-0.2, 0) is 6.42 Å². The zero-order valence-corrected chi connectivity index (χ0v) is 15.7. The first-order valence-corrected chi connectivity index (χ1v) is 9.05. The Kier molecular flexibility index (Phi) is 6.03. The Labute approximate surface area is 159 Å². The Morgan fingerprint density at radius 1 is 1.33 bits per heavy atom. The van der Waals surface area contributed by atoms with Gasteiger partial charge in [-0.05, 0) is 48.1 Å². The first kappa shape index (κ1) is 18.8. The van der Waals surface area contributed by atoms with Gasteiger partial charge in [-0.1, -0.05) is 6.07 Å². The predicted molar refractivity (Wildman–Crippen MR) is 109 cm³/mol. The van der Waals surface area contributed by atoms with Crippen molar-refractivity contribution >= 4 is 17.4 Å². The highest BCUT2D eigenvalue weighted by Gasteiger charge is 2.22. The summed E-state index contributed by atoms with van der Waals surface area (Å²) in [6.07, 6.45) is 5.68. The second kappa shape index (κ2) is 8.64. The summed E-state index contributed by atoms with van der Waals surface area (Å²) in [4.78, 5) is 8.55. The van der Waals surface area contributed by atoms with E-state index < -0.39 is 0 Å². The number of benzene rings is 1. The Hall–Kier alpha value is -2.93. The highest BCUT2D eigenvalue weighted by Crippen LogP contribution is 2.32. The van der Waals surface area contributed by atoms with Crippen molar-refractivity contribution < 1.29 is 4.74 Å². The van der Waals surface area contributed by atoms with Crippen molar-refractivity contribution in [3.8, 4) is 5.88 Å². The number of hydrogen-bond donors (Lipinski definition) is 4. The van der Waals surface area contributed by atoms with Crippen molar-refractivity contribution in [2.45, 2.75) is 25.7 Å². The molecule has 1 fully saturated rings. The van der Waals surface area contributed by atoms with Gasteiger partial charge in [-0.15, -0.1) is 0 Å². The zero-order chi connectivity index (χ0) is 19.2. The lowest BCUT2D eigenvalue weighted by Gasteiger charge is -2.13. The van der Waals surface area contributed by atoms with Gasteiger partial charge in [0.15, 0.2) is 5.84 Å². The van der Waals surface area contributed by atoms with Gasteiger partial charge in [0.25, 0.3) is 0 Å². The van der Waals surface area contributed by atoms with E-state index in [1.165, 1.54) is 12.8 Å². The standard InChI is InChI=1S/C20H26N6O/c1-23-26-17-7-6-15(20(22)25-18(21)10-13-3-4-13)11-16(17)9-14-5-8-19(27-2)24-12-14/h5-8,11-13,23,26H,3-4,9-10H2,1-2H3,(H3,21,22,25). The monoisotopic (exact) mass is 366 g/mol.